The zero-order chi connectivity index (χ0) is 32.7. The Labute approximate surface area is 271 Å². The predicted molar refractivity (Wildman–Crippen MR) is 177 cm³/mol. The van der Waals surface area contributed by atoms with Crippen LogP contribution in [0, 0.1) is 0 Å². The summed E-state index contributed by atoms with van der Waals surface area (Å²) < 4.78 is 39.3. The lowest BCUT2D eigenvalue weighted by atomic mass is 10.1. The molecule has 14 heteroatoms. The van der Waals surface area contributed by atoms with Gasteiger partial charge in [-0.05, 0) is 30.5 Å². The highest BCUT2D eigenvalue weighted by atomic mass is 16.5. The average molecular weight is 644 g/mol. The van der Waals surface area contributed by atoms with Gasteiger partial charge in [-0.15, -0.1) is 0 Å². The number of rotatable bonds is 20. The van der Waals surface area contributed by atoms with Crippen LogP contribution in [0.3, 0.4) is 0 Å². The lowest BCUT2D eigenvalue weighted by Crippen LogP contribution is -2.38. The molecule has 3 aromatic rings. The highest BCUT2D eigenvalue weighted by molar-refractivity contribution is 5.91. The SMILES string of the molecule is COCCN(CCOC)c1nc(N2CCC(OC)CC2)c2nc(N(CCOC)CCOC)nc(OCc3cccc(OC)c3)c2n1. The van der Waals surface area contributed by atoms with Crippen LogP contribution in [0.2, 0.25) is 0 Å². The summed E-state index contributed by atoms with van der Waals surface area (Å²) in [6.45, 7) is 6.06. The Morgan fingerprint density at radius 1 is 0.717 bits per heavy atom. The standard InChI is InChI=1S/C32H49N7O7/c1-40-18-14-38(15-19-41-2)31-34-28-27(29(35-31)37-12-10-25(44-5)11-13-37)33-32(39(16-20-42-3)17-21-43-4)36-30(28)46-23-24-8-7-9-26(22-24)45-6/h7-9,22,25H,10-21,23H2,1-6H3. The summed E-state index contributed by atoms with van der Waals surface area (Å²) in [7, 11) is 10.1. The first-order valence-corrected chi connectivity index (χ1v) is 15.6. The molecule has 1 aliphatic rings. The molecule has 0 aliphatic carbocycles. The second-order valence-corrected chi connectivity index (χ2v) is 10.9. The molecule has 3 heterocycles. The molecule has 254 valence electrons. The number of hydrogen-bond acceptors (Lipinski definition) is 14. The number of ether oxygens (including phenoxy) is 7. The molecule has 1 aromatic carbocycles. The van der Waals surface area contributed by atoms with E-state index in [1.807, 2.05) is 29.2 Å². The molecule has 1 saturated heterocycles. The predicted octanol–water partition coefficient (Wildman–Crippen LogP) is 2.82. The van der Waals surface area contributed by atoms with Crippen LogP contribution in [0.5, 0.6) is 11.6 Å². The van der Waals surface area contributed by atoms with Gasteiger partial charge >= 0.3 is 0 Å². The lowest BCUT2D eigenvalue weighted by molar-refractivity contribution is 0.0818. The molecule has 0 amide bonds. The first-order valence-electron chi connectivity index (χ1n) is 15.6. The minimum absolute atomic E-state index is 0.203. The van der Waals surface area contributed by atoms with Crippen LogP contribution >= 0.6 is 0 Å². The van der Waals surface area contributed by atoms with Gasteiger partial charge in [0.25, 0.3) is 0 Å². The Morgan fingerprint density at radius 2 is 1.28 bits per heavy atom. The first-order chi connectivity index (χ1) is 22.5. The molecule has 0 atom stereocenters. The average Bonchev–Trinajstić information content (AvgIpc) is 3.10. The molecule has 0 radical (unpaired) electrons. The summed E-state index contributed by atoms with van der Waals surface area (Å²) in [6, 6.07) is 7.76. The van der Waals surface area contributed by atoms with Crippen molar-refractivity contribution in [1.82, 2.24) is 19.9 Å². The molecule has 0 spiro atoms. The van der Waals surface area contributed by atoms with Crippen LogP contribution in [0.1, 0.15) is 18.4 Å². The summed E-state index contributed by atoms with van der Waals surface area (Å²) in [5, 5.41) is 0. The minimum atomic E-state index is 0.203. The van der Waals surface area contributed by atoms with Gasteiger partial charge < -0.3 is 47.9 Å². The molecule has 0 bridgehead atoms. The van der Waals surface area contributed by atoms with Gasteiger partial charge in [-0.2, -0.15) is 9.97 Å². The number of anilines is 3. The third kappa shape index (κ3) is 9.48. The Bertz CT molecular complexity index is 1330. The van der Waals surface area contributed by atoms with E-state index in [4.69, 9.17) is 53.1 Å². The van der Waals surface area contributed by atoms with Crippen molar-refractivity contribution in [3.05, 3.63) is 29.8 Å². The largest absolute Gasteiger partial charge is 0.497 e. The van der Waals surface area contributed by atoms with E-state index in [0.29, 0.717) is 81.4 Å². The van der Waals surface area contributed by atoms with Gasteiger partial charge in [-0.3, -0.25) is 0 Å². The van der Waals surface area contributed by atoms with Crippen molar-refractivity contribution in [1.29, 1.82) is 0 Å². The number of methoxy groups -OCH3 is 6. The maximum absolute atomic E-state index is 6.49. The number of nitrogens with zero attached hydrogens (tertiary/aromatic N) is 7. The van der Waals surface area contributed by atoms with Crippen LogP contribution in [-0.4, -0.2) is 134 Å². The van der Waals surface area contributed by atoms with Crippen molar-refractivity contribution >= 4 is 28.7 Å². The van der Waals surface area contributed by atoms with Gasteiger partial charge in [-0.25, -0.2) is 9.97 Å². The molecule has 4 rings (SSSR count). The van der Waals surface area contributed by atoms with E-state index in [1.54, 1.807) is 42.7 Å². The Morgan fingerprint density at radius 3 is 1.83 bits per heavy atom. The van der Waals surface area contributed by atoms with Gasteiger partial charge in [0.05, 0.1) is 39.6 Å². The maximum atomic E-state index is 6.49. The van der Waals surface area contributed by atoms with Crippen LogP contribution in [0.4, 0.5) is 17.7 Å². The molecule has 2 aromatic heterocycles. The van der Waals surface area contributed by atoms with Gasteiger partial charge in [0.15, 0.2) is 11.3 Å². The van der Waals surface area contributed by atoms with E-state index in [1.165, 1.54) is 0 Å². The lowest BCUT2D eigenvalue weighted by Gasteiger charge is -2.33. The van der Waals surface area contributed by atoms with Crippen LogP contribution in [0.25, 0.3) is 11.0 Å². The molecular formula is C32H49N7O7. The van der Waals surface area contributed by atoms with Crippen molar-refractivity contribution in [3.8, 4) is 11.6 Å². The fourth-order valence-corrected chi connectivity index (χ4v) is 5.20. The number of hydrogen-bond donors (Lipinski definition) is 0. The van der Waals surface area contributed by atoms with Crippen molar-refractivity contribution in [2.24, 2.45) is 0 Å². The van der Waals surface area contributed by atoms with E-state index in [9.17, 15) is 0 Å². The van der Waals surface area contributed by atoms with E-state index in [0.717, 1.165) is 43.1 Å². The zero-order valence-corrected chi connectivity index (χ0v) is 28.1. The van der Waals surface area contributed by atoms with Crippen molar-refractivity contribution in [3.63, 3.8) is 0 Å². The quantitative estimate of drug-likeness (QED) is 0.179. The smallest absolute Gasteiger partial charge is 0.246 e. The third-order valence-corrected chi connectivity index (χ3v) is 7.88. The monoisotopic (exact) mass is 643 g/mol. The number of aromatic nitrogens is 4. The zero-order valence-electron chi connectivity index (χ0n) is 28.1. The number of benzene rings is 1. The fourth-order valence-electron chi connectivity index (χ4n) is 5.20. The molecule has 0 N–H and O–H groups in total. The molecule has 1 aliphatic heterocycles. The van der Waals surface area contributed by atoms with Gasteiger partial charge in [-0.1, -0.05) is 12.1 Å². The highest BCUT2D eigenvalue weighted by Crippen LogP contribution is 2.34. The normalized spacial score (nSPS) is 13.7. The van der Waals surface area contributed by atoms with Crippen molar-refractivity contribution in [2.75, 3.05) is 123 Å². The van der Waals surface area contributed by atoms with Crippen molar-refractivity contribution < 1.29 is 33.2 Å². The van der Waals surface area contributed by atoms with Crippen molar-refractivity contribution in [2.45, 2.75) is 25.6 Å². The Balaban J connectivity index is 1.89. The van der Waals surface area contributed by atoms with Gasteiger partial charge in [0.1, 0.15) is 17.9 Å². The summed E-state index contributed by atoms with van der Waals surface area (Å²) in [4.78, 5) is 26.6. The summed E-state index contributed by atoms with van der Waals surface area (Å²) in [6.07, 6.45) is 1.95. The molecule has 14 nitrogen and oxygen atoms in total. The van der Waals surface area contributed by atoms with E-state index >= 15 is 0 Å². The van der Waals surface area contributed by atoms with Crippen LogP contribution in [0.15, 0.2) is 24.3 Å². The second-order valence-electron chi connectivity index (χ2n) is 10.9. The Kier molecular flexibility index (Phi) is 14.2. The van der Waals surface area contributed by atoms with E-state index in [2.05, 4.69) is 9.80 Å². The number of fused-ring (bicyclic) bond motifs is 1. The van der Waals surface area contributed by atoms with Crippen LogP contribution < -0.4 is 24.2 Å². The summed E-state index contributed by atoms with van der Waals surface area (Å²) in [5.41, 5.74) is 2.07. The highest BCUT2D eigenvalue weighted by Gasteiger charge is 2.27. The van der Waals surface area contributed by atoms with E-state index < -0.39 is 0 Å². The minimum Gasteiger partial charge on any atom is -0.497 e. The topological polar surface area (TPSA) is 126 Å². The van der Waals surface area contributed by atoms with Gasteiger partial charge in [0.2, 0.25) is 17.8 Å². The molecule has 1 fully saturated rings. The molecule has 46 heavy (non-hydrogen) atoms. The number of piperidine rings is 1. The van der Waals surface area contributed by atoms with E-state index in [-0.39, 0.29) is 12.7 Å². The fraction of sp³-hybridized carbons (Fsp3) is 0.625. The second kappa shape index (κ2) is 18.6. The van der Waals surface area contributed by atoms with Gasteiger partial charge in [0, 0.05) is 74.8 Å². The summed E-state index contributed by atoms with van der Waals surface area (Å²) >= 11 is 0. The molecular weight excluding hydrogens is 594 g/mol. The third-order valence-electron chi connectivity index (χ3n) is 7.88. The Hall–Kier alpha value is -3.56. The molecule has 0 unspecified atom stereocenters. The molecule has 0 saturated carbocycles. The van der Waals surface area contributed by atoms with Crippen LogP contribution in [-0.2, 0) is 30.3 Å². The summed E-state index contributed by atoms with van der Waals surface area (Å²) in [5.74, 6) is 2.85. The first kappa shape index (κ1) is 35.3. The maximum Gasteiger partial charge on any atom is 0.246 e.